The Morgan fingerprint density at radius 2 is 0.680 bits per heavy atom. The van der Waals surface area contributed by atoms with Gasteiger partial charge in [-0.1, -0.05) is 314 Å². The first-order chi connectivity index (χ1) is 37.0. The van der Waals surface area contributed by atoms with E-state index < -0.39 is 12.1 Å². The Morgan fingerprint density at radius 3 is 1.07 bits per heavy atom. The molecular formula is C69H131NO5. The van der Waals surface area contributed by atoms with Crippen molar-refractivity contribution in [3.05, 3.63) is 36.5 Å². The highest BCUT2D eigenvalue weighted by Gasteiger charge is 2.20. The fourth-order valence-electron chi connectivity index (χ4n) is 10.5. The van der Waals surface area contributed by atoms with Crippen molar-refractivity contribution < 1.29 is 24.5 Å². The molecular weight excluding hydrogens is 923 g/mol. The van der Waals surface area contributed by atoms with E-state index >= 15 is 0 Å². The van der Waals surface area contributed by atoms with Gasteiger partial charge in [-0.15, -0.1) is 0 Å². The van der Waals surface area contributed by atoms with Crippen LogP contribution in [0.2, 0.25) is 0 Å². The number of allylic oxidation sites excluding steroid dienone is 6. The van der Waals surface area contributed by atoms with Crippen molar-refractivity contribution in [3.8, 4) is 0 Å². The maximum absolute atomic E-state index is 12.5. The predicted octanol–water partition coefficient (Wildman–Crippen LogP) is 21.5. The van der Waals surface area contributed by atoms with E-state index in [1.165, 1.54) is 283 Å². The summed E-state index contributed by atoms with van der Waals surface area (Å²) in [5.41, 5.74) is 0. The Bertz CT molecular complexity index is 1210. The number of aliphatic hydroxyl groups excluding tert-OH is 2. The summed E-state index contributed by atoms with van der Waals surface area (Å²) in [5, 5.41) is 23.2. The van der Waals surface area contributed by atoms with Crippen LogP contribution in [0.4, 0.5) is 0 Å². The van der Waals surface area contributed by atoms with Crippen LogP contribution in [0.1, 0.15) is 367 Å². The molecule has 75 heavy (non-hydrogen) atoms. The normalized spacial score (nSPS) is 12.7. The SMILES string of the molecule is CCCC/C=C\C/C=C\CCCCCCCC(=O)OCCCCCCCCCCCCCC/C=C\CCCCCCCCCCCCCCCCCCCC(=O)NC(CO)C(O)CCCCCCCCCCCCC. The minimum absolute atomic E-state index is 0.00406. The minimum Gasteiger partial charge on any atom is -0.466 e. The van der Waals surface area contributed by atoms with Gasteiger partial charge in [0, 0.05) is 12.8 Å². The van der Waals surface area contributed by atoms with Crippen molar-refractivity contribution in [3.63, 3.8) is 0 Å². The molecule has 1 amide bonds. The first kappa shape index (κ1) is 73.1. The summed E-state index contributed by atoms with van der Waals surface area (Å²) in [4.78, 5) is 24.5. The maximum atomic E-state index is 12.5. The zero-order valence-corrected chi connectivity index (χ0v) is 50.5. The lowest BCUT2D eigenvalue weighted by Gasteiger charge is -2.22. The summed E-state index contributed by atoms with van der Waals surface area (Å²) in [6.45, 7) is 4.92. The lowest BCUT2D eigenvalue weighted by Crippen LogP contribution is -2.45. The Balaban J connectivity index is 3.33. The maximum Gasteiger partial charge on any atom is 0.305 e. The lowest BCUT2D eigenvalue weighted by atomic mass is 10.0. The van der Waals surface area contributed by atoms with E-state index in [0.717, 1.165) is 51.4 Å². The van der Waals surface area contributed by atoms with Crippen LogP contribution in [-0.2, 0) is 14.3 Å². The third-order valence-electron chi connectivity index (χ3n) is 15.7. The molecule has 0 spiro atoms. The van der Waals surface area contributed by atoms with Gasteiger partial charge in [-0.25, -0.2) is 0 Å². The first-order valence-corrected chi connectivity index (χ1v) is 33.7. The number of amides is 1. The highest BCUT2D eigenvalue weighted by molar-refractivity contribution is 5.76. The van der Waals surface area contributed by atoms with Crippen LogP contribution in [0.3, 0.4) is 0 Å². The lowest BCUT2D eigenvalue weighted by molar-refractivity contribution is -0.143. The Hall–Kier alpha value is -1.92. The van der Waals surface area contributed by atoms with Crippen molar-refractivity contribution in [1.82, 2.24) is 5.32 Å². The molecule has 0 saturated carbocycles. The van der Waals surface area contributed by atoms with Crippen molar-refractivity contribution in [1.29, 1.82) is 0 Å². The second-order valence-corrected chi connectivity index (χ2v) is 23.1. The average molecular weight is 1050 g/mol. The van der Waals surface area contributed by atoms with Crippen molar-refractivity contribution >= 4 is 11.9 Å². The molecule has 0 aliphatic rings. The second-order valence-electron chi connectivity index (χ2n) is 23.1. The number of aliphatic hydroxyl groups is 2. The summed E-state index contributed by atoms with van der Waals surface area (Å²) in [7, 11) is 0. The van der Waals surface area contributed by atoms with Crippen molar-refractivity contribution in [2.45, 2.75) is 379 Å². The number of esters is 1. The van der Waals surface area contributed by atoms with E-state index in [-0.39, 0.29) is 18.5 Å². The monoisotopic (exact) mass is 1050 g/mol. The molecule has 0 rings (SSSR count). The van der Waals surface area contributed by atoms with Crippen LogP contribution in [0.25, 0.3) is 0 Å². The quantitative estimate of drug-likeness (QED) is 0.0320. The zero-order chi connectivity index (χ0) is 54.3. The molecule has 0 bridgehead atoms. The summed E-state index contributed by atoms with van der Waals surface area (Å²) in [6, 6.07) is -0.537. The molecule has 0 radical (unpaired) electrons. The van der Waals surface area contributed by atoms with E-state index in [0.29, 0.717) is 25.9 Å². The number of unbranched alkanes of at least 4 members (excludes halogenated alkanes) is 46. The van der Waals surface area contributed by atoms with Crippen LogP contribution in [0.15, 0.2) is 36.5 Å². The number of hydrogen-bond donors (Lipinski definition) is 3. The Morgan fingerprint density at radius 1 is 0.373 bits per heavy atom. The number of hydrogen-bond acceptors (Lipinski definition) is 5. The molecule has 0 aliphatic carbocycles. The zero-order valence-electron chi connectivity index (χ0n) is 50.5. The van der Waals surface area contributed by atoms with Crippen LogP contribution in [-0.4, -0.2) is 47.4 Å². The van der Waals surface area contributed by atoms with Crippen molar-refractivity contribution in [2.75, 3.05) is 13.2 Å². The molecule has 0 saturated heterocycles. The molecule has 0 aromatic carbocycles. The van der Waals surface area contributed by atoms with Gasteiger partial charge < -0.3 is 20.3 Å². The van der Waals surface area contributed by atoms with Gasteiger partial charge in [0.2, 0.25) is 5.91 Å². The van der Waals surface area contributed by atoms with Crippen LogP contribution < -0.4 is 5.32 Å². The number of carbonyl (C=O) groups is 2. The van der Waals surface area contributed by atoms with Gasteiger partial charge >= 0.3 is 5.97 Å². The topological polar surface area (TPSA) is 95.9 Å². The summed E-state index contributed by atoms with van der Waals surface area (Å²) in [6.07, 6.45) is 82.0. The van der Waals surface area contributed by atoms with Gasteiger partial charge in [-0.2, -0.15) is 0 Å². The predicted molar refractivity (Wildman–Crippen MR) is 329 cm³/mol. The molecule has 2 atom stereocenters. The number of nitrogens with one attached hydrogen (secondary N) is 1. The third-order valence-corrected chi connectivity index (χ3v) is 15.7. The highest BCUT2D eigenvalue weighted by Crippen LogP contribution is 2.18. The average Bonchev–Trinajstić information content (AvgIpc) is 3.41. The van der Waals surface area contributed by atoms with Gasteiger partial charge in [0.1, 0.15) is 0 Å². The minimum atomic E-state index is -0.660. The molecule has 442 valence electrons. The van der Waals surface area contributed by atoms with E-state index in [1.54, 1.807) is 0 Å². The van der Waals surface area contributed by atoms with Crippen LogP contribution in [0, 0.1) is 0 Å². The molecule has 3 N–H and O–H groups in total. The smallest absolute Gasteiger partial charge is 0.305 e. The summed E-state index contributed by atoms with van der Waals surface area (Å²) < 4.78 is 5.48. The van der Waals surface area contributed by atoms with Gasteiger partial charge in [-0.05, 0) is 77.0 Å². The fourth-order valence-corrected chi connectivity index (χ4v) is 10.5. The highest BCUT2D eigenvalue weighted by atomic mass is 16.5. The van der Waals surface area contributed by atoms with Gasteiger partial charge in [0.05, 0.1) is 25.4 Å². The fraction of sp³-hybridized carbons (Fsp3) is 0.884. The largest absolute Gasteiger partial charge is 0.466 e. The number of carbonyl (C=O) groups excluding carboxylic acids is 2. The molecule has 6 heteroatoms. The summed E-state index contributed by atoms with van der Waals surface area (Å²) in [5.74, 6) is -0.0275. The van der Waals surface area contributed by atoms with Crippen LogP contribution >= 0.6 is 0 Å². The van der Waals surface area contributed by atoms with Crippen molar-refractivity contribution in [2.24, 2.45) is 0 Å². The number of ether oxygens (including phenoxy) is 1. The van der Waals surface area contributed by atoms with E-state index in [2.05, 4.69) is 55.6 Å². The Labute approximate surface area is 468 Å². The van der Waals surface area contributed by atoms with Gasteiger partial charge in [0.15, 0.2) is 0 Å². The first-order valence-electron chi connectivity index (χ1n) is 33.7. The summed E-state index contributed by atoms with van der Waals surface area (Å²) >= 11 is 0. The van der Waals surface area contributed by atoms with E-state index in [4.69, 9.17) is 4.74 Å². The van der Waals surface area contributed by atoms with Crippen LogP contribution in [0.5, 0.6) is 0 Å². The molecule has 0 aliphatic heterocycles. The van der Waals surface area contributed by atoms with E-state index in [9.17, 15) is 19.8 Å². The van der Waals surface area contributed by atoms with E-state index in [1.807, 2.05) is 0 Å². The number of rotatable bonds is 63. The Kier molecular flexibility index (Phi) is 63.0. The molecule has 0 aromatic heterocycles. The third kappa shape index (κ3) is 61.2. The second kappa shape index (κ2) is 64.6. The van der Waals surface area contributed by atoms with Gasteiger partial charge in [0.25, 0.3) is 0 Å². The molecule has 6 nitrogen and oxygen atoms in total. The molecule has 2 unspecified atom stereocenters. The standard InChI is InChI=1S/C69H131NO5/c1-3-5-7-9-11-13-15-16-39-43-47-51-55-59-63-69(74)75-64-60-56-52-48-44-40-37-35-33-31-29-27-25-23-21-19-17-18-20-22-24-26-28-30-32-34-36-38-42-46-50-54-58-62-68(73)70-66(65-71)67(72)61-57-53-49-45-41-14-12-10-8-6-4-2/h9,11,15-16,21,23,66-67,71-72H,3-8,10,12-14,17-20,22,24-65H2,1-2H3,(H,70,73)/b11-9-,16-15-,23-21-. The molecule has 0 aromatic rings. The molecule has 0 fully saturated rings. The van der Waals surface area contributed by atoms with Gasteiger partial charge in [-0.3, -0.25) is 9.59 Å². The molecule has 0 heterocycles.